The largest absolute Gasteiger partial charge is 0.459 e. The molecule has 2 heterocycles. The van der Waals surface area contributed by atoms with Crippen molar-refractivity contribution in [1.82, 2.24) is 10.2 Å². The summed E-state index contributed by atoms with van der Waals surface area (Å²) in [4.78, 5) is 32.8. The minimum atomic E-state index is -0.516. The Morgan fingerprint density at radius 1 is 1.05 bits per heavy atom. The van der Waals surface area contributed by atoms with Gasteiger partial charge in [0.25, 0.3) is 0 Å². The highest BCUT2D eigenvalue weighted by atomic mass is 32.2. The Labute approximate surface area is 222 Å². The Hall–Kier alpha value is -3.52. The van der Waals surface area contributed by atoms with Gasteiger partial charge in [-0.15, -0.1) is 0 Å². The Balaban J connectivity index is 1.71. The van der Waals surface area contributed by atoms with Crippen molar-refractivity contribution in [3.05, 3.63) is 82.5 Å². The molecule has 2 aromatic rings. The molecule has 0 saturated carbocycles. The lowest BCUT2D eigenvalue weighted by Gasteiger charge is -2.36. The summed E-state index contributed by atoms with van der Waals surface area (Å²) >= 11 is 1.45. The van der Waals surface area contributed by atoms with Crippen LogP contribution in [0.15, 0.2) is 82.0 Å². The number of allylic oxidation sites excluding steroid dienone is 1. The summed E-state index contributed by atoms with van der Waals surface area (Å²) in [7, 11) is 0. The number of nitrogens with zero attached hydrogens (tertiary/aromatic N) is 2. The molecule has 8 heteroatoms. The smallest absolute Gasteiger partial charge is 0.338 e. The predicted molar refractivity (Wildman–Crippen MR) is 147 cm³/mol. The zero-order valence-electron chi connectivity index (χ0n) is 21.9. The number of aliphatic imine (C=N–C) groups is 1. The number of hydrogen-bond acceptors (Lipinski definition) is 7. The molecular formula is C29H33N3O4S. The number of hydrogen-bond donors (Lipinski definition) is 1. The SMILES string of the molecule is CC1=C(C(=O)OC(C)C)[C@H](c2cccc(Oc3ccccc3)c2)N2C(CC(=O)NCC(C)C)=CSC2=N1. The zero-order valence-corrected chi connectivity index (χ0v) is 22.7. The molecule has 2 aliphatic rings. The van der Waals surface area contributed by atoms with Crippen LogP contribution in [-0.4, -0.2) is 34.6 Å². The fourth-order valence-corrected chi connectivity index (χ4v) is 5.11. The van der Waals surface area contributed by atoms with Gasteiger partial charge < -0.3 is 19.7 Å². The molecule has 1 N–H and O–H groups in total. The number of nitrogens with one attached hydrogen (secondary N) is 1. The average molecular weight is 520 g/mol. The predicted octanol–water partition coefficient (Wildman–Crippen LogP) is 6.17. The van der Waals surface area contributed by atoms with E-state index in [1.165, 1.54) is 11.8 Å². The van der Waals surface area contributed by atoms with Crippen molar-refractivity contribution in [2.75, 3.05) is 6.54 Å². The van der Waals surface area contributed by atoms with Crippen LogP contribution < -0.4 is 10.1 Å². The van der Waals surface area contributed by atoms with E-state index in [1.54, 1.807) is 0 Å². The first-order valence-corrected chi connectivity index (χ1v) is 13.4. The molecule has 4 rings (SSSR count). The lowest BCUT2D eigenvalue weighted by molar-refractivity contribution is -0.143. The van der Waals surface area contributed by atoms with E-state index in [4.69, 9.17) is 14.5 Å². The number of carbonyl (C=O) groups is 2. The maximum atomic E-state index is 13.4. The first-order valence-electron chi connectivity index (χ1n) is 12.5. The van der Waals surface area contributed by atoms with Crippen molar-refractivity contribution in [3.8, 4) is 11.5 Å². The molecular weight excluding hydrogens is 486 g/mol. The highest BCUT2D eigenvalue weighted by molar-refractivity contribution is 8.16. The highest BCUT2D eigenvalue weighted by Crippen LogP contribution is 2.45. The average Bonchev–Trinajstić information content (AvgIpc) is 3.24. The maximum absolute atomic E-state index is 13.4. The summed E-state index contributed by atoms with van der Waals surface area (Å²) in [6, 6.07) is 16.7. The molecule has 0 fully saturated rings. The van der Waals surface area contributed by atoms with E-state index in [1.807, 2.05) is 85.7 Å². The third-order valence-electron chi connectivity index (χ3n) is 5.77. The number of carbonyl (C=O) groups excluding carboxylic acids is 2. The van der Waals surface area contributed by atoms with Gasteiger partial charge in [0.15, 0.2) is 5.17 Å². The molecule has 0 saturated heterocycles. The zero-order chi connectivity index (χ0) is 26.5. The first-order chi connectivity index (χ1) is 17.7. The standard InChI is InChI=1S/C29H33N3O4S/c1-18(2)16-30-25(33)15-22-17-37-29-31-20(5)26(28(34)35-19(3)4)27(32(22)29)21-10-9-13-24(14-21)36-23-11-7-6-8-12-23/h6-14,17-19,27H,15-16H2,1-5H3,(H,30,33)/t27-/m0/s1. The first kappa shape index (κ1) is 26.5. The molecule has 2 aromatic carbocycles. The molecule has 37 heavy (non-hydrogen) atoms. The van der Waals surface area contributed by atoms with Crippen LogP contribution in [0.4, 0.5) is 0 Å². The normalized spacial score (nSPS) is 16.9. The molecule has 0 bridgehead atoms. The number of para-hydroxylation sites is 1. The van der Waals surface area contributed by atoms with Crippen molar-refractivity contribution < 1.29 is 19.1 Å². The monoisotopic (exact) mass is 519 g/mol. The molecule has 7 nitrogen and oxygen atoms in total. The molecule has 1 amide bonds. The summed E-state index contributed by atoms with van der Waals surface area (Å²) in [5, 5.41) is 5.65. The molecule has 0 spiro atoms. The fourth-order valence-electron chi connectivity index (χ4n) is 4.14. The number of amidine groups is 1. The Bertz CT molecular complexity index is 1250. The lowest BCUT2D eigenvalue weighted by atomic mass is 9.93. The van der Waals surface area contributed by atoms with Gasteiger partial charge in [-0.05, 0) is 61.9 Å². The van der Waals surface area contributed by atoms with Crippen LogP contribution in [0.3, 0.4) is 0 Å². The number of esters is 1. The van der Waals surface area contributed by atoms with Crippen LogP contribution in [0.2, 0.25) is 0 Å². The van der Waals surface area contributed by atoms with Crippen LogP contribution in [0.1, 0.15) is 52.6 Å². The molecule has 0 aliphatic carbocycles. The summed E-state index contributed by atoms with van der Waals surface area (Å²) < 4.78 is 11.7. The van der Waals surface area contributed by atoms with E-state index in [-0.39, 0.29) is 18.4 Å². The second-order valence-electron chi connectivity index (χ2n) is 9.71. The number of benzene rings is 2. The Morgan fingerprint density at radius 2 is 1.78 bits per heavy atom. The maximum Gasteiger partial charge on any atom is 0.338 e. The van der Waals surface area contributed by atoms with Gasteiger partial charge >= 0.3 is 5.97 Å². The van der Waals surface area contributed by atoms with Crippen molar-refractivity contribution >= 4 is 28.8 Å². The van der Waals surface area contributed by atoms with Crippen LogP contribution >= 0.6 is 11.8 Å². The number of fused-ring (bicyclic) bond motifs is 1. The van der Waals surface area contributed by atoms with Crippen molar-refractivity contribution in [2.45, 2.75) is 53.2 Å². The van der Waals surface area contributed by atoms with E-state index in [0.717, 1.165) is 22.2 Å². The second-order valence-corrected chi connectivity index (χ2v) is 10.5. The van der Waals surface area contributed by atoms with Gasteiger partial charge in [0.05, 0.1) is 29.8 Å². The number of amides is 1. The van der Waals surface area contributed by atoms with E-state index >= 15 is 0 Å². The fraction of sp³-hybridized carbons (Fsp3) is 0.345. The summed E-state index contributed by atoms with van der Waals surface area (Å²) in [6.45, 7) is 10.2. The van der Waals surface area contributed by atoms with Crippen LogP contribution in [-0.2, 0) is 14.3 Å². The molecule has 2 aliphatic heterocycles. The van der Waals surface area contributed by atoms with Crippen molar-refractivity contribution in [2.24, 2.45) is 10.9 Å². The number of ether oxygens (including phenoxy) is 2. The van der Waals surface area contributed by atoms with Crippen LogP contribution in [0.5, 0.6) is 11.5 Å². The Kier molecular flexibility index (Phi) is 8.38. The molecule has 1 atom stereocenters. The van der Waals surface area contributed by atoms with Crippen molar-refractivity contribution in [1.29, 1.82) is 0 Å². The van der Waals surface area contributed by atoms with Crippen molar-refractivity contribution in [3.63, 3.8) is 0 Å². The summed E-state index contributed by atoms with van der Waals surface area (Å²) in [5.41, 5.74) is 2.67. The topological polar surface area (TPSA) is 80.2 Å². The molecule has 0 aromatic heterocycles. The van der Waals surface area contributed by atoms with Gasteiger partial charge in [-0.2, -0.15) is 0 Å². The van der Waals surface area contributed by atoms with Gasteiger partial charge in [-0.1, -0.05) is 55.9 Å². The van der Waals surface area contributed by atoms with Gasteiger partial charge in [0.2, 0.25) is 5.91 Å². The second kappa shape index (κ2) is 11.7. The third-order valence-corrected chi connectivity index (χ3v) is 6.65. The highest BCUT2D eigenvalue weighted by Gasteiger charge is 2.41. The third kappa shape index (κ3) is 6.43. The van der Waals surface area contributed by atoms with Crippen LogP contribution in [0.25, 0.3) is 0 Å². The molecule has 0 unspecified atom stereocenters. The van der Waals surface area contributed by atoms with E-state index in [9.17, 15) is 9.59 Å². The van der Waals surface area contributed by atoms with E-state index in [2.05, 4.69) is 19.2 Å². The lowest BCUT2D eigenvalue weighted by Crippen LogP contribution is -2.38. The van der Waals surface area contributed by atoms with Crippen LogP contribution in [0, 0.1) is 5.92 Å². The summed E-state index contributed by atoms with van der Waals surface area (Å²) in [6.07, 6.45) is -0.0996. The number of thioether (sulfide) groups is 1. The van der Waals surface area contributed by atoms with Gasteiger partial charge in [-0.25, -0.2) is 9.79 Å². The van der Waals surface area contributed by atoms with Gasteiger partial charge in [0, 0.05) is 12.2 Å². The number of rotatable bonds is 9. The minimum Gasteiger partial charge on any atom is -0.459 e. The van der Waals surface area contributed by atoms with E-state index in [0.29, 0.717) is 29.5 Å². The van der Waals surface area contributed by atoms with E-state index < -0.39 is 12.0 Å². The van der Waals surface area contributed by atoms with Gasteiger partial charge in [-0.3, -0.25) is 4.79 Å². The quantitative estimate of drug-likeness (QED) is 0.399. The molecule has 194 valence electrons. The minimum absolute atomic E-state index is 0.0701. The van der Waals surface area contributed by atoms with Gasteiger partial charge in [0.1, 0.15) is 11.5 Å². The Morgan fingerprint density at radius 3 is 2.49 bits per heavy atom. The molecule has 0 radical (unpaired) electrons. The summed E-state index contributed by atoms with van der Waals surface area (Å²) in [5.74, 6) is 1.23.